The van der Waals surface area contributed by atoms with Crippen molar-refractivity contribution < 1.29 is 32.1 Å². The molecule has 4 amide bonds. The van der Waals surface area contributed by atoms with Gasteiger partial charge >= 0.3 is 17.8 Å². The fourth-order valence-corrected chi connectivity index (χ4v) is 2.86. The van der Waals surface area contributed by atoms with E-state index in [0.29, 0.717) is 11.4 Å². The van der Waals surface area contributed by atoms with Crippen LogP contribution in [0.3, 0.4) is 0 Å². The second-order valence-electron chi connectivity index (χ2n) is 5.39. The second-order valence-corrected chi connectivity index (χ2v) is 6.81. The van der Waals surface area contributed by atoms with Gasteiger partial charge in [0.25, 0.3) is 10.1 Å². The third kappa shape index (κ3) is 4.06. The predicted molar refractivity (Wildman–Crippen MR) is 87.2 cm³/mol. The van der Waals surface area contributed by atoms with Crippen molar-refractivity contribution in [1.82, 2.24) is 15.1 Å². The number of urea groups is 1. The van der Waals surface area contributed by atoms with Crippen LogP contribution in [0.15, 0.2) is 29.2 Å². The molecule has 1 aromatic carbocycles. The zero-order valence-electron chi connectivity index (χ0n) is 13.7. The van der Waals surface area contributed by atoms with E-state index in [0.717, 1.165) is 12.1 Å². The summed E-state index contributed by atoms with van der Waals surface area (Å²) in [4.78, 5) is 48.8. The first-order valence-corrected chi connectivity index (χ1v) is 8.99. The van der Waals surface area contributed by atoms with Crippen LogP contribution in [0.1, 0.15) is 18.5 Å². The minimum Gasteiger partial charge on any atom is -0.333 e. The zero-order chi connectivity index (χ0) is 19.5. The third-order valence-electron chi connectivity index (χ3n) is 3.83. The minimum atomic E-state index is -4.39. The summed E-state index contributed by atoms with van der Waals surface area (Å²) in [6.45, 7) is 2.21. The van der Waals surface area contributed by atoms with E-state index in [2.05, 4.69) is 5.32 Å². The predicted octanol–water partition coefficient (Wildman–Crippen LogP) is -0.516. The molecule has 1 heterocycles. The van der Waals surface area contributed by atoms with Gasteiger partial charge in [-0.05, 0) is 24.6 Å². The number of hydrogen-bond acceptors (Lipinski definition) is 6. The van der Waals surface area contributed by atoms with Crippen LogP contribution in [0, 0.1) is 0 Å². The van der Waals surface area contributed by atoms with Crippen LogP contribution >= 0.6 is 0 Å². The Labute approximate surface area is 149 Å². The molecule has 1 unspecified atom stereocenters. The van der Waals surface area contributed by atoms with Crippen molar-refractivity contribution in [3.63, 3.8) is 0 Å². The highest BCUT2D eigenvalue weighted by Crippen LogP contribution is 2.16. The Hall–Kier alpha value is -2.79. The lowest BCUT2D eigenvalue weighted by Gasteiger charge is -2.32. The van der Waals surface area contributed by atoms with Crippen molar-refractivity contribution in [2.45, 2.75) is 17.9 Å². The molecule has 0 aromatic heterocycles. The van der Waals surface area contributed by atoms with Crippen LogP contribution in [0.5, 0.6) is 0 Å². The number of carbonyl (C=O) groups is 3. The first-order valence-electron chi connectivity index (χ1n) is 7.55. The molecule has 0 aliphatic carbocycles. The quantitative estimate of drug-likeness (QED) is 0.516. The topological polar surface area (TPSA) is 141 Å². The molecule has 0 saturated carbocycles. The van der Waals surface area contributed by atoms with Gasteiger partial charge in [0, 0.05) is 19.6 Å². The van der Waals surface area contributed by atoms with Gasteiger partial charge in [0.2, 0.25) is 6.29 Å². The number of nitrogens with zero attached hydrogens (tertiary/aromatic N) is 2. The summed E-state index contributed by atoms with van der Waals surface area (Å²) in [7, 11) is -4.39. The molecule has 2 rings (SSSR count). The normalized spacial score (nSPS) is 16.4. The number of hydrogen-bond donors (Lipinski definition) is 2. The summed E-state index contributed by atoms with van der Waals surface area (Å²) in [6.07, 6.45) is 1.57. The number of piperazine rings is 1. The number of rotatable bonds is 5. The van der Waals surface area contributed by atoms with Crippen molar-refractivity contribution >= 4 is 34.2 Å². The summed E-state index contributed by atoms with van der Waals surface area (Å²) in [6, 6.07) is 2.30. The minimum absolute atomic E-state index is 0.0164. The SMILES string of the molecule is CCN1CCN(C(=O)NC([C]=O)c2ccc(S(=O)(=O)O)cc2)C(=O)C1=O. The van der Waals surface area contributed by atoms with Crippen LogP contribution < -0.4 is 5.32 Å². The Morgan fingerprint density at radius 1 is 1.23 bits per heavy atom. The van der Waals surface area contributed by atoms with Crippen LogP contribution in [0.4, 0.5) is 4.79 Å². The van der Waals surface area contributed by atoms with E-state index >= 15 is 0 Å². The highest BCUT2D eigenvalue weighted by atomic mass is 32.2. The average Bonchev–Trinajstić information content (AvgIpc) is 2.61. The lowest BCUT2D eigenvalue weighted by atomic mass is 10.1. The van der Waals surface area contributed by atoms with E-state index in [1.54, 1.807) is 13.2 Å². The Morgan fingerprint density at radius 2 is 1.85 bits per heavy atom. The molecule has 1 aliphatic rings. The van der Waals surface area contributed by atoms with E-state index in [9.17, 15) is 27.6 Å². The summed E-state index contributed by atoms with van der Waals surface area (Å²) in [5.74, 6) is -1.81. The molecule has 139 valence electrons. The maximum atomic E-state index is 12.2. The molecular formula is C15H16N3O7S. The largest absolute Gasteiger partial charge is 0.333 e. The number of amides is 4. The molecule has 2 N–H and O–H groups in total. The highest BCUT2D eigenvalue weighted by molar-refractivity contribution is 7.85. The molecule has 0 bridgehead atoms. The van der Waals surface area contributed by atoms with Crippen molar-refractivity contribution in [2.75, 3.05) is 19.6 Å². The second kappa shape index (κ2) is 7.62. The van der Waals surface area contributed by atoms with Gasteiger partial charge in [-0.1, -0.05) is 12.1 Å². The molecule has 10 nitrogen and oxygen atoms in total. The maximum absolute atomic E-state index is 12.2. The lowest BCUT2D eigenvalue weighted by Crippen LogP contribution is -2.58. The number of nitrogens with one attached hydrogen (secondary N) is 1. The number of benzene rings is 1. The van der Waals surface area contributed by atoms with Crippen molar-refractivity contribution in [3.8, 4) is 0 Å². The van der Waals surface area contributed by atoms with Crippen LogP contribution in [-0.2, 0) is 24.5 Å². The first kappa shape index (κ1) is 19.5. The van der Waals surface area contributed by atoms with Crippen molar-refractivity contribution in [2.24, 2.45) is 0 Å². The summed E-state index contributed by atoms with van der Waals surface area (Å²) >= 11 is 0. The van der Waals surface area contributed by atoms with Gasteiger partial charge in [-0.3, -0.25) is 23.8 Å². The third-order valence-corrected chi connectivity index (χ3v) is 4.70. The molecular weight excluding hydrogens is 366 g/mol. The fraction of sp³-hybridized carbons (Fsp3) is 0.333. The lowest BCUT2D eigenvalue weighted by molar-refractivity contribution is -0.153. The van der Waals surface area contributed by atoms with Crippen LogP contribution in [0.2, 0.25) is 0 Å². The number of imide groups is 1. The van der Waals surface area contributed by atoms with Gasteiger partial charge in [-0.25, -0.2) is 4.79 Å². The zero-order valence-corrected chi connectivity index (χ0v) is 14.5. The van der Waals surface area contributed by atoms with Gasteiger partial charge in [0.15, 0.2) is 0 Å². The Kier molecular flexibility index (Phi) is 5.73. The van der Waals surface area contributed by atoms with Crippen LogP contribution in [-0.4, -0.2) is 66.5 Å². The Morgan fingerprint density at radius 3 is 2.35 bits per heavy atom. The summed E-state index contributed by atoms with van der Waals surface area (Å²) < 4.78 is 31.0. The molecule has 1 saturated heterocycles. The number of likely N-dealkylation sites (N-methyl/N-ethyl adjacent to an activating group) is 1. The van der Waals surface area contributed by atoms with Crippen molar-refractivity contribution in [3.05, 3.63) is 29.8 Å². The molecule has 1 aliphatic heterocycles. The Bertz CT molecular complexity index is 835. The standard InChI is InChI=1S/C15H16N3O7S/c1-2-17-7-8-18(14(21)13(17)20)15(22)16-12(9-19)10-3-5-11(6-4-10)26(23,24)25/h3-6,12H,2,7-8H2,1H3,(H,16,22)(H,23,24,25). The molecule has 1 aromatic rings. The molecule has 1 fully saturated rings. The smallest absolute Gasteiger partial charge is 0.325 e. The monoisotopic (exact) mass is 382 g/mol. The Balaban J connectivity index is 2.12. The van der Waals surface area contributed by atoms with E-state index in [1.165, 1.54) is 17.0 Å². The van der Waals surface area contributed by atoms with E-state index in [-0.39, 0.29) is 23.5 Å². The van der Waals surface area contributed by atoms with Gasteiger partial charge in [-0.15, -0.1) is 0 Å². The molecule has 11 heteroatoms. The van der Waals surface area contributed by atoms with Gasteiger partial charge in [0.05, 0.1) is 4.90 Å². The molecule has 1 atom stereocenters. The van der Waals surface area contributed by atoms with Crippen LogP contribution in [0.25, 0.3) is 0 Å². The first-order chi connectivity index (χ1) is 12.2. The molecule has 26 heavy (non-hydrogen) atoms. The van der Waals surface area contributed by atoms with E-state index in [4.69, 9.17) is 4.55 Å². The van der Waals surface area contributed by atoms with Gasteiger partial charge < -0.3 is 10.2 Å². The maximum Gasteiger partial charge on any atom is 0.325 e. The molecule has 0 spiro atoms. The van der Waals surface area contributed by atoms with Gasteiger partial charge in [-0.2, -0.15) is 8.42 Å². The number of carbonyl (C=O) groups excluding carboxylic acids is 4. The van der Waals surface area contributed by atoms with E-state index in [1.807, 2.05) is 0 Å². The van der Waals surface area contributed by atoms with E-state index < -0.39 is 34.0 Å². The van der Waals surface area contributed by atoms with Crippen molar-refractivity contribution in [1.29, 1.82) is 0 Å². The van der Waals surface area contributed by atoms with Gasteiger partial charge in [0.1, 0.15) is 6.04 Å². The molecule has 1 radical (unpaired) electrons. The summed E-state index contributed by atoms with van der Waals surface area (Å²) in [5.41, 5.74) is 0.187. The fourth-order valence-electron chi connectivity index (χ4n) is 2.38. The summed E-state index contributed by atoms with van der Waals surface area (Å²) in [5, 5.41) is 2.25. The highest BCUT2D eigenvalue weighted by Gasteiger charge is 2.36. The average molecular weight is 382 g/mol.